The van der Waals surface area contributed by atoms with Gasteiger partial charge in [0.15, 0.2) is 0 Å². The molecule has 0 aliphatic carbocycles. The van der Waals surface area contributed by atoms with Crippen molar-refractivity contribution in [3.63, 3.8) is 0 Å². The van der Waals surface area contributed by atoms with Crippen LogP contribution in [-0.4, -0.2) is 25.0 Å². The highest BCUT2D eigenvalue weighted by Gasteiger charge is 2.18. The Bertz CT molecular complexity index is 1380. The first-order valence-corrected chi connectivity index (χ1v) is 10.2. The van der Waals surface area contributed by atoms with Gasteiger partial charge in [-0.3, -0.25) is 14.2 Å². The van der Waals surface area contributed by atoms with Crippen molar-refractivity contribution >= 4 is 23.0 Å². The molecule has 4 rings (SSSR count). The van der Waals surface area contributed by atoms with Crippen LogP contribution in [0.4, 0.5) is 0 Å². The van der Waals surface area contributed by atoms with E-state index in [1.54, 1.807) is 7.05 Å². The second kappa shape index (κ2) is 8.89. The van der Waals surface area contributed by atoms with Crippen molar-refractivity contribution in [1.82, 2.24) is 24.4 Å². The van der Waals surface area contributed by atoms with Crippen LogP contribution in [0, 0.1) is 0 Å². The predicted octanol–water partition coefficient (Wildman–Crippen LogP) is 2.07. The van der Waals surface area contributed by atoms with Gasteiger partial charge >= 0.3 is 5.69 Å². The number of benzene rings is 2. The lowest BCUT2D eigenvalue weighted by molar-refractivity contribution is -0.117. The Labute approximate surface area is 183 Å². The van der Waals surface area contributed by atoms with Crippen LogP contribution in [0.3, 0.4) is 0 Å². The van der Waals surface area contributed by atoms with Gasteiger partial charge in [0.25, 0.3) is 5.56 Å². The Kier molecular flexibility index (Phi) is 5.85. The zero-order chi connectivity index (χ0) is 22.7. The number of rotatable bonds is 6. The number of imidazole rings is 1. The Morgan fingerprint density at radius 1 is 1.09 bits per heavy atom. The van der Waals surface area contributed by atoms with Crippen molar-refractivity contribution in [1.29, 1.82) is 0 Å². The van der Waals surface area contributed by atoms with E-state index >= 15 is 0 Å². The number of carbonyl (C=O) groups is 1. The van der Waals surface area contributed by atoms with Crippen molar-refractivity contribution in [2.24, 2.45) is 14.1 Å². The average Bonchev–Trinajstić information content (AvgIpc) is 3.24. The number of hydrogen-bond acceptors (Lipinski definition) is 4. The van der Waals surface area contributed by atoms with Gasteiger partial charge in [0, 0.05) is 26.4 Å². The molecule has 1 unspecified atom stereocenters. The second-order valence-corrected chi connectivity index (χ2v) is 7.57. The molecule has 0 aliphatic heterocycles. The maximum Gasteiger partial charge on any atom is 0.330 e. The first kappa shape index (κ1) is 21.0. The summed E-state index contributed by atoms with van der Waals surface area (Å²) in [5.74, 6) is 0.275. The summed E-state index contributed by atoms with van der Waals surface area (Å²) < 4.78 is 2.30. The molecule has 8 heteroatoms. The molecule has 4 aromatic rings. The number of H-pyrrole nitrogens is 1. The van der Waals surface area contributed by atoms with E-state index < -0.39 is 17.3 Å². The van der Waals surface area contributed by atoms with E-state index in [9.17, 15) is 14.4 Å². The van der Waals surface area contributed by atoms with Crippen molar-refractivity contribution in [3.8, 4) is 0 Å². The number of nitrogens with one attached hydrogen (secondary N) is 2. The number of amides is 1. The topological polar surface area (TPSA) is 102 Å². The minimum atomic E-state index is -0.463. The fourth-order valence-electron chi connectivity index (χ4n) is 3.54. The fourth-order valence-corrected chi connectivity index (χ4v) is 3.54. The number of aromatic amines is 1. The van der Waals surface area contributed by atoms with Gasteiger partial charge in [0.2, 0.25) is 5.91 Å². The number of hydrogen-bond donors (Lipinski definition) is 2. The van der Waals surface area contributed by atoms with Crippen molar-refractivity contribution in [2.45, 2.75) is 12.5 Å². The normalized spacial score (nSPS) is 12.3. The Hall–Kier alpha value is -4.20. The zero-order valence-electron chi connectivity index (χ0n) is 17.8. The van der Waals surface area contributed by atoms with Crippen LogP contribution in [-0.2, 0) is 25.3 Å². The number of aryl methyl sites for hydroxylation is 1. The third kappa shape index (κ3) is 4.44. The van der Waals surface area contributed by atoms with Gasteiger partial charge < -0.3 is 14.9 Å². The summed E-state index contributed by atoms with van der Waals surface area (Å²) >= 11 is 0. The summed E-state index contributed by atoms with van der Waals surface area (Å²) in [6.07, 6.45) is 4.66. The molecule has 0 fully saturated rings. The summed E-state index contributed by atoms with van der Waals surface area (Å²) in [4.78, 5) is 44.8. The van der Waals surface area contributed by atoms with Crippen LogP contribution >= 0.6 is 0 Å². The van der Waals surface area contributed by atoms with E-state index in [4.69, 9.17) is 0 Å². The monoisotopic (exact) mass is 429 g/mol. The highest BCUT2D eigenvalue weighted by atomic mass is 16.2. The molecule has 8 nitrogen and oxygen atoms in total. The minimum absolute atomic E-state index is 0.244. The molecule has 1 amide bonds. The van der Waals surface area contributed by atoms with Crippen molar-refractivity contribution in [2.75, 3.05) is 0 Å². The molecular weight excluding hydrogens is 406 g/mol. The highest BCUT2D eigenvalue weighted by Crippen LogP contribution is 2.20. The molecule has 0 aliphatic rings. The molecule has 2 heterocycles. The number of aromatic nitrogens is 4. The van der Waals surface area contributed by atoms with Gasteiger partial charge in [-0.05, 0) is 30.2 Å². The fraction of sp³-hybridized carbons (Fsp3) is 0.167. The number of nitrogens with zero attached hydrogens (tertiary/aromatic N) is 3. The molecule has 162 valence electrons. The van der Waals surface area contributed by atoms with Gasteiger partial charge in [-0.15, -0.1) is 0 Å². The summed E-state index contributed by atoms with van der Waals surface area (Å²) in [6, 6.07) is 17.1. The molecule has 32 heavy (non-hydrogen) atoms. The van der Waals surface area contributed by atoms with Crippen molar-refractivity contribution < 1.29 is 4.79 Å². The van der Waals surface area contributed by atoms with E-state index in [0.717, 1.165) is 21.2 Å². The lowest BCUT2D eigenvalue weighted by Gasteiger charge is -2.16. The Morgan fingerprint density at radius 2 is 1.81 bits per heavy atom. The van der Waals surface area contributed by atoms with Crippen molar-refractivity contribution in [3.05, 3.63) is 105 Å². The van der Waals surface area contributed by atoms with Crippen LogP contribution in [0.5, 0.6) is 0 Å². The molecule has 1 atom stereocenters. The molecule has 2 N–H and O–H groups in total. The third-order valence-electron chi connectivity index (χ3n) is 5.22. The van der Waals surface area contributed by atoms with Gasteiger partial charge in [-0.2, -0.15) is 0 Å². The Morgan fingerprint density at radius 3 is 2.56 bits per heavy atom. The van der Waals surface area contributed by atoms with Crippen LogP contribution in [0.25, 0.3) is 17.1 Å². The van der Waals surface area contributed by atoms with Gasteiger partial charge in [0.05, 0.1) is 22.6 Å². The molecular formula is C24H23N5O3. The quantitative estimate of drug-likeness (QED) is 0.458. The molecule has 0 saturated heterocycles. The first-order chi connectivity index (χ1) is 15.4. The highest BCUT2D eigenvalue weighted by molar-refractivity contribution is 5.92. The van der Waals surface area contributed by atoms with E-state index in [0.29, 0.717) is 12.2 Å². The molecule has 2 aromatic carbocycles. The second-order valence-electron chi connectivity index (χ2n) is 7.57. The zero-order valence-corrected chi connectivity index (χ0v) is 17.8. The molecule has 2 aromatic heterocycles. The van der Waals surface area contributed by atoms with Gasteiger partial charge in [-0.1, -0.05) is 42.5 Å². The SMILES string of the molecule is Cn1cc(/C=C/C(=O)NC(Cc2ccccc2)c2nc3ccccc3[nH]2)c(=O)n(C)c1=O. The minimum Gasteiger partial charge on any atom is -0.342 e. The van der Waals surface area contributed by atoms with Crippen LogP contribution in [0.15, 0.2) is 76.5 Å². The average molecular weight is 429 g/mol. The van der Waals surface area contributed by atoms with E-state index in [1.165, 1.54) is 30.0 Å². The van der Waals surface area contributed by atoms with Crippen LogP contribution in [0.2, 0.25) is 0 Å². The first-order valence-electron chi connectivity index (χ1n) is 10.2. The molecule has 0 saturated carbocycles. The van der Waals surface area contributed by atoms with Gasteiger partial charge in [0.1, 0.15) is 5.82 Å². The van der Waals surface area contributed by atoms with E-state index in [-0.39, 0.29) is 11.5 Å². The maximum absolute atomic E-state index is 12.7. The summed E-state index contributed by atoms with van der Waals surface area (Å²) in [6.45, 7) is 0. The summed E-state index contributed by atoms with van der Waals surface area (Å²) in [7, 11) is 2.95. The lowest BCUT2D eigenvalue weighted by Crippen LogP contribution is -2.37. The van der Waals surface area contributed by atoms with Gasteiger partial charge in [-0.25, -0.2) is 9.78 Å². The largest absolute Gasteiger partial charge is 0.342 e. The number of fused-ring (bicyclic) bond motifs is 1. The van der Waals surface area contributed by atoms with Crippen LogP contribution in [0.1, 0.15) is 23.0 Å². The van der Waals surface area contributed by atoms with E-state index in [2.05, 4.69) is 15.3 Å². The smallest absolute Gasteiger partial charge is 0.330 e. The number of carbonyl (C=O) groups excluding carboxylic acids is 1. The predicted molar refractivity (Wildman–Crippen MR) is 123 cm³/mol. The summed E-state index contributed by atoms with van der Waals surface area (Å²) in [5, 5.41) is 2.98. The summed E-state index contributed by atoms with van der Waals surface area (Å²) in [5.41, 5.74) is 2.11. The third-order valence-corrected chi connectivity index (χ3v) is 5.22. The Balaban J connectivity index is 1.60. The van der Waals surface area contributed by atoms with Crippen LogP contribution < -0.4 is 16.6 Å². The van der Waals surface area contributed by atoms with E-state index in [1.807, 2.05) is 54.6 Å². The molecule has 0 radical (unpaired) electrons. The standard InChI is InChI=1S/C24H23N5O3/c1-28-15-17(23(31)29(2)24(28)32)12-13-21(30)25-20(14-16-8-4-3-5-9-16)22-26-18-10-6-7-11-19(18)27-22/h3-13,15,20H,14H2,1-2H3,(H,25,30)(H,26,27)/b13-12+. The molecule has 0 spiro atoms. The lowest BCUT2D eigenvalue weighted by atomic mass is 10.1. The molecule has 0 bridgehead atoms. The maximum atomic E-state index is 12.7. The number of para-hydroxylation sites is 2.